The van der Waals surface area contributed by atoms with Crippen molar-refractivity contribution >= 4 is 7.82 Å². The molecule has 0 amide bonds. The molecule has 0 aliphatic rings. The summed E-state index contributed by atoms with van der Waals surface area (Å²) >= 11 is 0. The summed E-state index contributed by atoms with van der Waals surface area (Å²) in [4.78, 5) is 17.2. The zero-order chi connectivity index (χ0) is 21.5. The molecule has 0 bridgehead atoms. The minimum atomic E-state index is -4.26. The minimum Gasteiger partial charge on any atom is -1.00 e. The molecule has 0 heterocycles. The third-order valence-electron chi connectivity index (χ3n) is 5.76. The van der Waals surface area contributed by atoms with Crippen molar-refractivity contribution in [3.63, 3.8) is 0 Å². The summed E-state index contributed by atoms with van der Waals surface area (Å²) in [5.74, 6) is 0. The van der Waals surface area contributed by atoms with E-state index in [4.69, 9.17) is 9.79 Å². The molecule has 0 rings (SSSR count). The van der Waals surface area contributed by atoms with Crippen molar-refractivity contribution in [2.45, 2.75) is 148 Å². The average molecular weight is 475 g/mol. The first kappa shape index (κ1) is 33.9. The van der Waals surface area contributed by atoms with Gasteiger partial charge >= 0.3 is 59.2 Å². The Kier molecular flexibility index (Phi) is 30.5. The Balaban J connectivity index is -0.00000392. The first-order chi connectivity index (χ1) is 14.1. The maximum absolute atomic E-state index is 10.5. The number of hydrogen-bond acceptors (Lipinski definition) is 2. The molecule has 4 nitrogen and oxygen atoms in total. The van der Waals surface area contributed by atoms with Crippen LogP contribution < -0.4 is 51.4 Å². The van der Waals surface area contributed by atoms with Gasteiger partial charge in [0.2, 0.25) is 0 Å². The fourth-order valence-corrected chi connectivity index (χ4v) is 4.26. The van der Waals surface area contributed by atoms with Gasteiger partial charge in [0.05, 0.1) is 6.61 Å². The standard InChI is InChI=1S/C24H51O4P.K.H/c1-2-3-4-5-6-7-8-9-10-11-12-13-14-15-16-17-18-19-20-21-22-23-24-28-29(25,26)27;;/h2-24H2,1H3,(H2,25,26,27);;/q;+1;-1. The topological polar surface area (TPSA) is 66.8 Å². The molecule has 0 radical (unpaired) electrons. The van der Waals surface area contributed by atoms with E-state index < -0.39 is 7.82 Å². The van der Waals surface area contributed by atoms with E-state index in [1.807, 2.05) is 0 Å². The van der Waals surface area contributed by atoms with Crippen LogP contribution in [0.3, 0.4) is 0 Å². The van der Waals surface area contributed by atoms with E-state index in [0.717, 1.165) is 19.3 Å². The molecule has 2 N–H and O–H groups in total. The zero-order valence-corrected chi connectivity index (χ0v) is 24.4. The zero-order valence-electron chi connectivity index (χ0n) is 21.4. The second-order valence-corrected chi connectivity index (χ2v) is 9.99. The van der Waals surface area contributed by atoms with Gasteiger partial charge in [0, 0.05) is 0 Å². The van der Waals surface area contributed by atoms with Crippen LogP contribution in [0.15, 0.2) is 0 Å². The summed E-state index contributed by atoms with van der Waals surface area (Å²) in [5, 5.41) is 0. The fourth-order valence-electron chi connectivity index (χ4n) is 3.89. The summed E-state index contributed by atoms with van der Waals surface area (Å²) in [6, 6.07) is 0. The van der Waals surface area contributed by atoms with Crippen LogP contribution in [-0.4, -0.2) is 16.4 Å². The van der Waals surface area contributed by atoms with Crippen molar-refractivity contribution in [1.29, 1.82) is 0 Å². The van der Waals surface area contributed by atoms with E-state index >= 15 is 0 Å². The summed E-state index contributed by atoms with van der Waals surface area (Å²) < 4.78 is 15.0. The van der Waals surface area contributed by atoms with Gasteiger partial charge in [-0.15, -0.1) is 0 Å². The Hall–Kier alpha value is 1.75. The molecular formula is C24H52KO4P. The summed E-state index contributed by atoms with van der Waals surface area (Å²) in [6.45, 7) is 2.45. The molecule has 0 aromatic carbocycles. The molecule has 30 heavy (non-hydrogen) atoms. The largest absolute Gasteiger partial charge is 1.00 e. The van der Waals surface area contributed by atoms with Crippen LogP contribution in [0.2, 0.25) is 0 Å². The van der Waals surface area contributed by atoms with E-state index in [0.29, 0.717) is 0 Å². The molecule has 0 aliphatic carbocycles. The van der Waals surface area contributed by atoms with Gasteiger partial charge in [-0.2, -0.15) is 0 Å². The normalized spacial score (nSPS) is 11.6. The van der Waals surface area contributed by atoms with E-state index in [1.54, 1.807) is 0 Å². The van der Waals surface area contributed by atoms with Crippen molar-refractivity contribution in [3.8, 4) is 0 Å². The van der Waals surface area contributed by atoms with E-state index in [1.165, 1.54) is 122 Å². The predicted molar refractivity (Wildman–Crippen MR) is 126 cm³/mol. The van der Waals surface area contributed by atoms with Crippen molar-refractivity contribution in [2.24, 2.45) is 0 Å². The van der Waals surface area contributed by atoms with Crippen LogP contribution in [0.25, 0.3) is 0 Å². The van der Waals surface area contributed by atoms with Crippen LogP contribution in [0.1, 0.15) is 150 Å². The van der Waals surface area contributed by atoms with Gasteiger partial charge in [-0.3, -0.25) is 4.52 Å². The van der Waals surface area contributed by atoms with Gasteiger partial charge in [-0.1, -0.05) is 142 Å². The third-order valence-corrected chi connectivity index (χ3v) is 6.28. The Morgan fingerprint density at radius 1 is 0.533 bits per heavy atom. The van der Waals surface area contributed by atoms with E-state index in [9.17, 15) is 4.57 Å². The Bertz CT molecular complexity index is 369. The Labute approximate surface area is 232 Å². The molecule has 178 valence electrons. The molecule has 0 fully saturated rings. The second-order valence-electron chi connectivity index (χ2n) is 8.75. The number of rotatable bonds is 24. The van der Waals surface area contributed by atoms with E-state index in [2.05, 4.69) is 11.4 Å². The number of unbranched alkanes of at least 4 members (excludes halogenated alkanes) is 21. The van der Waals surface area contributed by atoms with Gasteiger partial charge in [-0.25, -0.2) is 4.57 Å². The van der Waals surface area contributed by atoms with Crippen molar-refractivity contribution in [2.75, 3.05) is 6.61 Å². The van der Waals surface area contributed by atoms with Gasteiger partial charge in [0.15, 0.2) is 0 Å². The minimum absolute atomic E-state index is 0. The summed E-state index contributed by atoms with van der Waals surface area (Å²) in [6.07, 6.45) is 29.5. The average Bonchev–Trinajstić information content (AvgIpc) is 2.67. The van der Waals surface area contributed by atoms with Gasteiger partial charge < -0.3 is 11.2 Å². The molecule has 0 aromatic heterocycles. The maximum atomic E-state index is 10.5. The van der Waals surface area contributed by atoms with Gasteiger partial charge in [0.1, 0.15) is 0 Å². The number of phosphoric ester groups is 1. The monoisotopic (exact) mass is 474 g/mol. The summed E-state index contributed by atoms with van der Waals surface area (Å²) in [7, 11) is -4.26. The quantitative estimate of drug-likeness (QED) is 0.105. The van der Waals surface area contributed by atoms with Crippen molar-refractivity contribution in [1.82, 2.24) is 0 Å². The summed E-state index contributed by atoms with van der Waals surface area (Å²) in [5.41, 5.74) is 0. The van der Waals surface area contributed by atoms with Crippen LogP contribution in [0.4, 0.5) is 0 Å². The van der Waals surface area contributed by atoms with Crippen LogP contribution in [-0.2, 0) is 9.09 Å². The van der Waals surface area contributed by atoms with E-state index in [-0.39, 0.29) is 59.4 Å². The molecule has 0 saturated carbocycles. The van der Waals surface area contributed by atoms with Crippen molar-refractivity contribution < 1.29 is 71.7 Å². The maximum Gasteiger partial charge on any atom is 1.00 e. The smallest absolute Gasteiger partial charge is 1.00 e. The second kappa shape index (κ2) is 27.0. The Morgan fingerprint density at radius 3 is 1.00 bits per heavy atom. The van der Waals surface area contributed by atoms with Gasteiger partial charge in [-0.05, 0) is 6.42 Å². The molecule has 0 atom stereocenters. The molecule has 0 aliphatic heterocycles. The first-order valence-electron chi connectivity index (χ1n) is 12.8. The molecule has 0 unspecified atom stereocenters. The first-order valence-corrected chi connectivity index (χ1v) is 14.3. The van der Waals surface area contributed by atoms with Gasteiger partial charge in [0.25, 0.3) is 0 Å². The predicted octanol–water partition coefficient (Wildman–Crippen LogP) is 5.81. The fraction of sp³-hybridized carbons (Fsp3) is 1.00. The van der Waals surface area contributed by atoms with Crippen molar-refractivity contribution in [3.05, 3.63) is 0 Å². The molecule has 6 heteroatoms. The molecule has 0 aromatic rings. The Morgan fingerprint density at radius 2 is 0.767 bits per heavy atom. The van der Waals surface area contributed by atoms with Crippen LogP contribution in [0.5, 0.6) is 0 Å². The van der Waals surface area contributed by atoms with Crippen LogP contribution >= 0.6 is 7.82 Å². The molecule has 0 spiro atoms. The molecule has 0 saturated heterocycles. The third kappa shape index (κ3) is 31.9. The number of phosphoric acid groups is 1. The van der Waals surface area contributed by atoms with Crippen LogP contribution in [0, 0.1) is 0 Å². The molecular weight excluding hydrogens is 422 g/mol. The SMILES string of the molecule is CCCCCCCCCCCCCCCCCCCCCCCCOP(=O)(O)O.[H-].[K+]. The number of hydrogen-bond donors (Lipinski definition) is 2.